The molecule has 8 nitrogen and oxygen atoms in total. The molecule has 0 atom stereocenters. The van der Waals surface area contributed by atoms with Crippen molar-refractivity contribution in [2.24, 2.45) is 7.05 Å². The van der Waals surface area contributed by atoms with Gasteiger partial charge >= 0.3 is 0 Å². The Morgan fingerprint density at radius 2 is 2.29 bits per heavy atom. The Hall–Kier alpha value is -1.03. The molecule has 0 saturated heterocycles. The first-order valence-electron chi connectivity index (χ1n) is 5.12. The van der Waals surface area contributed by atoms with Crippen molar-refractivity contribution >= 4 is 10.2 Å². The molecule has 17 heavy (non-hydrogen) atoms. The summed E-state index contributed by atoms with van der Waals surface area (Å²) in [5.41, 5.74) is 0. The molecule has 0 saturated carbocycles. The van der Waals surface area contributed by atoms with Crippen LogP contribution in [0.25, 0.3) is 0 Å². The summed E-state index contributed by atoms with van der Waals surface area (Å²) < 4.78 is 28.6. The Morgan fingerprint density at radius 1 is 1.59 bits per heavy atom. The van der Waals surface area contributed by atoms with Crippen molar-refractivity contribution in [2.75, 3.05) is 20.2 Å². The third kappa shape index (κ3) is 4.04. The smallest absolute Gasteiger partial charge is 0.279 e. The van der Waals surface area contributed by atoms with Gasteiger partial charge in [0.2, 0.25) is 0 Å². The number of hydrogen-bond acceptors (Lipinski definition) is 5. The highest BCUT2D eigenvalue weighted by Gasteiger charge is 2.17. The predicted molar refractivity (Wildman–Crippen MR) is 61.1 cm³/mol. The number of aliphatic hydroxyl groups excluding tert-OH is 1. The number of aliphatic hydroxyl groups is 1. The first-order chi connectivity index (χ1) is 7.97. The van der Waals surface area contributed by atoms with Gasteiger partial charge in [0.05, 0.1) is 6.54 Å². The zero-order valence-corrected chi connectivity index (χ0v) is 10.7. The molecule has 0 aromatic carbocycles. The number of aryl methyl sites for hydroxylation is 1. The van der Waals surface area contributed by atoms with Crippen molar-refractivity contribution in [3.05, 3.63) is 12.2 Å². The summed E-state index contributed by atoms with van der Waals surface area (Å²) in [5, 5.41) is 16.1. The molecule has 98 valence electrons. The van der Waals surface area contributed by atoms with Gasteiger partial charge in [-0.25, -0.2) is 0 Å². The van der Waals surface area contributed by atoms with Crippen molar-refractivity contribution in [3.8, 4) is 0 Å². The van der Waals surface area contributed by atoms with Crippen LogP contribution in [0.5, 0.6) is 0 Å². The molecular formula is C8H17N5O3S. The summed E-state index contributed by atoms with van der Waals surface area (Å²) >= 11 is 0. The molecular weight excluding hydrogens is 246 g/mol. The minimum absolute atomic E-state index is 0.0385. The summed E-state index contributed by atoms with van der Waals surface area (Å²) in [4.78, 5) is 0. The zero-order valence-electron chi connectivity index (χ0n) is 9.87. The largest absolute Gasteiger partial charge is 0.396 e. The van der Waals surface area contributed by atoms with Gasteiger partial charge in [-0.2, -0.15) is 17.4 Å². The van der Waals surface area contributed by atoms with Gasteiger partial charge in [-0.1, -0.05) is 0 Å². The summed E-state index contributed by atoms with van der Waals surface area (Å²) in [7, 11) is -0.346. The van der Waals surface area contributed by atoms with Crippen molar-refractivity contribution in [2.45, 2.75) is 13.0 Å². The Labute approximate surface area is 100 Å². The Morgan fingerprint density at radius 3 is 2.82 bits per heavy atom. The van der Waals surface area contributed by atoms with Crippen LogP contribution in [0.2, 0.25) is 0 Å². The Bertz CT molecular complexity index is 444. The quantitative estimate of drug-likeness (QED) is 0.621. The van der Waals surface area contributed by atoms with Crippen LogP contribution in [-0.2, 0) is 23.8 Å². The van der Waals surface area contributed by atoms with E-state index < -0.39 is 10.2 Å². The summed E-state index contributed by atoms with van der Waals surface area (Å²) in [5.74, 6) is 0.532. The van der Waals surface area contributed by atoms with Crippen LogP contribution in [0.15, 0.2) is 6.33 Å². The van der Waals surface area contributed by atoms with Gasteiger partial charge in [0.1, 0.15) is 12.2 Å². The van der Waals surface area contributed by atoms with Gasteiger partial charge < -0.3 is 9.67 Å². The van der Waals surface area contributed by atoms with Crippen molar-refractivity contribution in [1.82, 2.24) is 23.8 Å². The Kier molecular flexibility index (Phi) is 5.00. The molecule has 0 aliphatic heterocycles. The lowest BCUT2D eigenvalue weighted by atomic mass is 10.5. The van der Waals surface area contributed by atoms with E-state index in [1.807, 2.05) is 0 Å². The van der Waals surface area contributed by atoms with Crippen LogP contribution in [-0.4, -0.2) is 52.8 Å². The molecule has 0 aliphatic rings. The molecule has 0 radical (unpaired) electrons. The number of rotatable bonds is 7. The molecule has 1 aromatic rings. The first kappa shape index (κ1) is 14.0. The maximum atomic E-state index is 11.7. The van der Waals surface area contributed by atoms with E-state index >= 15 is 0 Å². The van der Waals surface area contributed by atoms with E-state index in [-0.39, 0.29) is 19.7 Å². The van der Waals surface area contributed by atoms with Crippen molar-refractivity contribution in [1.29, 1.82) is 0 Å². The SMILES string of the molecule is CN(CCCO)S(=O)(=O)NCc1nncn1C. The highest BCUT2D eigenvalue weighted by molar-refractivity contribution is 7.87. The van der Waals surface area contributed by atoms with Gasteiger partial charge in [0.15, 0.2) is 0 Å². The number of hydrogen-bond donors (Lipinski definition) is 2. The minimum Gasteiger partial charge on any atom is -0.396 e. The molecule has 0 fully saturated rings. The van der Waals surface area contributed by atoms with E-state index in [9.17, 15) is 8.42 Å². The van der Waals surface area contributed by atoms with Gasteiger partial charge in [-0.3, -0.25) is 0 Å². The lowest BCUT2D eigenvalue weighted by Crippen LogP contribution is -2.39. The topological polar surface area (TPSA) is 100 Å². The van der Waals surface area contributed by atoms with E-state index in [1.54, 1.807) is 11.6 Å². The molecule has 0 bridgehead atoms. The fourth-order valence-electron chi connectivity index (χ4n) is 1.15. The third-order valence-electron chi connectivity index (χ3n) is 2.26. The van der Waals surface area contributed by atoms with Crippen LogP contribution in [0, 0.1) is 0 Å². The maximum absolute atomic E-state index is 11.7. The van der Waals surface area contributed by atoms with Crippen molar-refractivity contribution < 1.29 is 13.5 Å². The van der Waals surface area contributed by atoms with Crippen LogP contribution in [0.3, 0.4) is 0 Å². The molecule has 0 unspecified atom stereocenters. The second kappa shape index (κ2) is 6.05. The fraction of sp³-hybridized carbons (Fsp3) is 0.750. The van der Waals surface area contributed by atoms with Gasteiger partial charge in [0.25, 0.3) is 10.2 Å². The third-order valence-corrected chi connectivity index (χ3v) is 3.77. The summed E-state index contributed by atoms with van der Waals surface area (Å²) in [6, 6.07) is 0. The minimum atomic E-state index is -3.53. The van der Waals surface area contributed by atoms with Gasteiger partial charge in [-0.15, -0.1) is 10.2 Å². The van der Waals surface area contributed by atoms with E-state index in [1.165, 1.54) is 13.4 Å². The molecule has 1 heterocycles. The second-order valence-electron chi connectivity index (χ2n) is 3.58. The average Bonchev–Trinajstić information content (AvgIpc) is 2.69. The first-order valence-corrected chi connectivity index (χ1v) is 6.56. The van der Waals surface area contributed by atoms with Gasteiger partial charge in [-0.05, 0) is 6.42 Å². The van der Waals surface area contributed by atoms with E-state index in [2.05, 4.69) is 14.9 Å². The molecule has 9 heteroatoms. The number of aromatic nitrogens is 3. The molecule has 2 N–H and O–H groups in total. The fourth-order valence-corrected chi connectivity index (χ4v) is 2.05. The van der Waals surface area contributed by atoms with Crippen molar-refractivity contribution in [3.63, 3.8) is 0 Å². The number of nitrogens with one attached hydrogen (secondary N) is 1. The van der Waals surface area contributed by atoms with Crippen LogP contribution in [0.4, 0.5) is 0 Å². The second-order valence-corrected chi connectivity index (χ2v) is 5.45. The van der Waals surface area contributed by atoms with E-state index in [0.717, 1.165) is 4.31 Å². The van der Waals surface area contributed by atoms with Crippen LogP contribution in [0.1, 0.15) is 12.2 Å². The summed E-state index contributed by atoms with van der Waals surface area (Å²) in [6.45, 7) is 0.316. The van der Waals surface area contributed by atoms with Crippen LogP contribution < -0.4 is 4.72 Å². The molecule has 1 rings (SSSR count). The monoisotopic (exact) mass is 263 g/mol. The average molecular weight is 263 g/mol. The predicted octanol–water partition coefficient (Wildman–Crippen LogP) is -1.54. The highest BCUT2D eigenvalue weighted by Crippen LogP contribution is 1.98. The summed E-state index contributed by atoms with van der Waals surface area (Å²) in [6.07, 6.45) is 1.90. The standard InChI is InChI=1S/C8H17N5O3S/c1-12-7-9-11-8(12)6-10-17(15,16)13(2)4-3-5-14/h7,10,14H,3-6H2,1-2H3. The Balaban J connectivity index is 2.52. The highest BCUT2D eigenvalue weighted by atomic mass is 32.2. The normalized spacial score (nSPS) is 12.2. The maximum Gasteiger partial charge on any atom is 0.279 e. The van der Waals surface area contributed by atoms with Crippen LogP contribution >= 0.6 is 0 Å². The van der Waals surface area contributed by atoms with E-state index in [4.69, 9.17) is 5.11 Å². The molecule has 0 spiro atoms. The lowest BCUT2D eigenvalue weighted by Gasteiger charge is -2.16. The van der Waals surface area contributed by atoms with Gasteiger partial charge in [0, 0.05) is 27.2 Å². The lowest BCUT2D eigenvalue weighted by molar-refractivity contribution is 0.275. The number of nitrogens with zero attached hydrogens (tertiary/aromatic N) is 4. The zero-order chi connectivity index (χ0) is 12.9. The molecule has 0 amide bonds. The molecule has 1 aromatic heterocycles. The van der Waals surface area contributed by atoms with E-state index in [0.29, 0.717) is 12.2 Å². The molecule has 0 aliphatic carbocycles.